The summed E-state index contributed by atoms with van der Waals surface area (Å²) in [6.07, 6.45) is 3.05. The average molecular weight is 183 g/mol. The number of piperidine rings is 1. The van der Waals surface area contributed by atoms with Crippen molar-refractivity contribution in [3.63, 3.8) is 0 Å². The third kappa shape index (κ3) is 3.02. The van der Waals surface area contributed by atoms with E-state index in [0.29, 0.717) is 17.7 Å². The quantitative estimate of drug-likeness (QED) is 0.657. The van der Waals surface area contributed by atoms with Gasteiger partial charge in [-0.25, -0.2) is 0 Å². The Morgan fingerprint density at radius 3 is 2.54 bits per heavy atom. The molecule has 1 atom stereocenters. The molecule has 2 nitrogen and oxygen atoms in total. The maximum Gasteiger partial charge on any atom is 0.222 e. The van der Waals surface area contributed by atoms with Crippen LogP contribution >= 0.6 is 0 Å². The van der Waals surface area contributed by atoms with E-state index in [1.54, 1.807) is 0 Å². The molecule has 0 N–H and O–H groups in total. The lowest BCUT2D eigenvalue weighted by atomic mass is 9.96. The maximum absolute atomic E-state index is 11.5. The highest BCUT2D eigenvalue weighted by Gasteiger charge is 2.20. The highest BCUT2D eigenvalue weighted by atomic mass is 16.2. The molecule has 1 amide bonds. The van der Waals surface area contributed by atoms with E-state index >= 15 is 0 Å². The fraction of sp³-hybridized carbons (Fsp3) is 0.909. The molecular weight excluding hydrogens is 162 g/mol. The number of amides is 1. The van der Waals surface area contributed by atoms with E-state index in [1.165, 1.54) is 6.42 Å². The fourth-order valence-corrected chi connectivity index (χ4v) is 1.61. The summed E-state index contributed by atoms with van der Waals surface area (Å²) in [6.45, 7) is 8.61. The molecule has 0 radical (unpaired) electrons. The number of rotatable bonds is 3. The molecule has 1 heterocycles. The smallest absolute Gasteiger partial charge is 0.222 e. The molecule has 0 aromatic heterocycles. The maximum atomic E-state index is 11.5. The number of hydrogen-bond acceptors (Lipinski definition) is 1. The number of hydrogen-bond donors (Lipinski definition) is 0. The largest absolute Gasteiger partial charge is 0.342 e. The van der Waals surface area contributed by atoms with Gasteiger partial charge < -0.3 is 4.90 Å². The van der Waals surface area contributed by atoms with Crippen molar-refractivity contribution in [3.05, 3.63) is 0 Å². The van der Waals surface area contributed by atoms with Crippen LogP contribution in [0, 0.1) is 11.8 Å². The van der Waals surface area contributed by atoms with Gasteiger partial charge in [0.2, 0.25) is 5.91 Å². The van der Waals surface area contributed by atoms with Gasteiger partial charge in [0.1, 0.15) is 0 Å². The van der Waals surface area contributed by atoms with E-state index in [1.807, 2.05) is 4.90 Å². The molecule has 0 aliphatic carbocycles. The van der Waals surface area contributed by atoms with Gasteiger partial charge in [-0.3, -0.25) is 4.79 Å². The van der Waals surface area contributed by atoms with Crippen LogP contribution in [0.2, 0.25) is 0 Å². The van der Waals surface area contributed by atoms with Gasteiger partial charge in [-0.2, -0.15) is 0 Å². The summed E-state index contributed by atoms with van der Waals surface area (Å²) in [5.74, 6) is 1.66. The molecule has 1 rings (SSSR count). The number of carbonyl (C=O) groups excluding carboxylic acids is 1. The first-order valence-electron chi connectivity index (χ1n) is 5.39. The second-order valence-corrected chi connectivity index (χ2v) is 4.52. The predicted octanol–water partition coefficient (Wildman–Crippen LogP) is 2.29. The summed E-state index contributed by atoms with van der Waals surface area (Å²) in [5.41, 5.74) is 0. The summed E-state index contributed by atoms with van der Waals surface area (Å²) in [7, 11) is 0. The lowest BCUT2D eigenvalue weighted by Gasteiger charge is -2.30. The average Bonchev–Trinajstić information content (AvgIpc) is 2.08. The molecule has 0 aromatic carbocycles. The molecule has 0 unspecified atom stereocenters. The molecule has 76 valence electrons. The van der Waals surface area contributed by atoms with E-state index in [-0.39, 0.29) is 0 Å². The molecular formula is C11H21NO. The molecule has 1 saturated heterocycles. The molecule has 2 heteroatoms. The van der Waals surface area contributed by atoms with Crippen molar-refractivity contribution in [2.24, 2.45) is 11.8 Å². The topological polar surface area (TPSA) is 20.3 Å². The standard InChI is InChI=1S/C11H21NO/c1-9(2)10(3)8-12-7-5-4-6-11(12)13/h9-10H,4-8H2,1-3H3/t10-/m1/s1. The Kier molecular flexibility index (Phi) is 3.76. The zero-order valence-corrected chi connectivity index (χ0v) is 9.05. The number of carbonyl (C=O) groups is 1. The van der Waals surface area contributed by atoms with E-state index < -0.39 is 0 Å². The van der Waals surface area contributed by atoms with Crippen LogP contribution in [0.5, 0.6) is 0 Å². The van der Waals surface area contributed by atoms with Crippen molar-refractivity contribution >= 4 is 5.91 Å². The zero-order valence-electron chi connectivity index (χ0n) is 9.05. The van der Waals surface area contributed by atoms with Crippen LogP contribution in [-0.2, 0) is 4.79 Å². The minimum Gasteiger partial charge on any atom is -0.342 e. The molecule has 1 aliphatic heterocycles. The van der Waals surface area contributed by atoms with Gasteiger partial charge >= 0.3 is 0 Å². The predicted molar refractivity (Wildman–Crippen MR) is 54.4 cm³/mol. The highest BCUT2D eigenvalue weighted by molar-refractivity contribution is 5.76. The van der Waals surface area contributed by atoms with Gasteiger partial charge in [0.15, 0.2) is 0 Å². The van der Waals surface area contributed by atoms with Gasteiger partial charge in [-0.15, -0.1) is 0 Å². The van der Waals surface area contributed by atoms with Crippen molar-refractivity contribution in [1.29, 1.82) is 0 Å². The van der Waals surface area contributed by atoms with Crippen LogP contribution in [0.3, 0.4) is 0 Å². The minimum absolute atomic E-state index is 0.360. The van der Waals surface area contributed by atoms with Crippen molar-refractivity contribution in [3.8, 4) is 0 Å². The van der Waals surface area contributed by atoms with Crippen LogP contribution in [0.25, 0.3) is 0 Å². The Bertz CT molecular complexity index is 177. The van der Waals surface area contributed by atoms with Gasteiger partial charge in [-0.05, 0) is 24.7 Å². The summed E-state index contributed by atoms with van der Waals surface area (Å²) in [6, 6.07) is 0. The highest BCUT2D eigenvalue weighted by Crippen LogP contribution is 2.16. The first kappa shape index (κ1) is 10.6. The van der Waals surface area contributed by atoms with Gasteiger partial charge in [0, 0.05) is 19.5 Å². The fourth-order valence-electron chi connectivity index (χ4n) is 1.61. The SMILES string of the molecule is CC(C)[C@H](C)CN1CCCCC1=O. The molecule has 0 spiro atoms. The summed E-state index contributed by atoms with van der Waals surface area (Å²) < 4.78 is 0. The van der Waals surface area contributed by atoms with Crippen molar-refractivity contribution in [1.82, 2.24) is 4.90 Å². The third-order valence-corrected chi connectivity index (χ3v) is 3.07. The molecule has 0 saturated carbocycles. The van der Waals surface area contributed by atoms with Crippen molar-refractivity contribution in [2.75, 3.05) is 13.1 Å². The monoisotopic (exact) mass is 183 g/mol. The van der Waals surface area contributed by atoms with Crippen LogP contribution in [0.15, 0.2) is 0 Å². The lowest BCUT2D eigenvalue weighted by Crippen LogP contribution is -2.39. The van der Waals surface area contributed by atoms with Gasteiger partial charge in [0.25, 0.3) is 0 Å². The Morgan fingerprint density at radius 1 is 1.31 bits per heavy atom. The Hall–Kier alpha value is -0.530. The van der Waals surface area contributed by atoms with E-state index in [4.69, 9.17) is 0 Å². The molecule has 13 heavy (non-hydrogen) atoms. The number of likely N-dealkylation sites (tertiary alicyclic amines) is 1. The summed E-state index contributed by atoms with van der Waals surface area (Å²) in [5, 5.41) is 0. The Balaban J connectivity index is 2.38. The second kappa shape index (κ2) is 4.64. The lowest BCUT2D eigenvalue weighted by molar-refractivity contribution is -0.134. The first-order chi connectivity index (χ1) is 6.11. The van der Waals surface area contributed by atoms with Crippen molar-refractivity contribution in [2.45, 2.75) is 40.0 Å². The Labute approximate surface area is 81.3 Å². The van der Waals surface area contributed by atoms with E-state index in [0.717, 1.165) is 25.9 Å². The van der Waals surface area contributed by atoms with Crippen LogP contribution in [0.1, 0.15) is 40.0 Å². The van der Waals surface area contributed by atoms with Crippen LogP contribution in [0.4, 0.5) is 0 Å². The normalized spacial score (nSPS) is 20.9. The molecule has 1 fully saturated rings. The van der Waals surface area contributed by atoms with Crippen LogP contribution in [-0.4, -0.2) is 23.9 Å². The first-order valence-corrected chi connectivity index (χ1v) is 5.39. The Morgan fingerprint density at radius 2 is 2.00 bits per heavy atom. The van der Waals surface area contributed by atoms with Crippen molar-refractivity contribution < 1.29 is 4.79 Å². The van der Waals surface area contributed by atoms with E-state index in [2.05, 4.69) is 20.8 Å². The second-order valence-electron chi connectivity index (χ2n) is 4.52. The summed E-state index contributed by atoms with van der Waals surface area (Å²) >= 11 is 0. The van der Waals surface area contributed by atoms with E-state index in [9.17, 15) is 4.79 Å². The third-order valence-electron chi connectivity index (χ3n) is 3.07. The van der Waals surface area contributed by atoms with Gasteiger partial charge in [0.05, 0.1) is 0 Å². The van der Waals surface area contributed by atoms with Gasteiger partial charge in [-0.1, -0.05) is 20.8 Å². The molecule has 1 aliphatic rings. The molecule has 0 bridgehead atoms. The summed E-state index contributed by atoms with van der Waals surface area (Å²) in [4.78, 5) is 13.5. The zero-order chi connectivity index (χ0) is 9.84. The van der Waals surface area contributed by atoms with Crippen LogP contribution < -0.4 is 0 Å². The minimum atomic E-state index is 0.360. The molecule has 0 aromatic rings. The number of nitrogens with zero attached hydrogens (tertiary/aromatic N) is 1.